The van der Waals surface area contributed by atoms with Crippen molar-refractivity contribution in [3.05, 3.63) is 22.4 Å². The van der Waals surface area contributed by atoms with E-state index in [4.69, 9.17) is 5.11 Å². The smallest absolute Gasteiger partial charge is 0.313 e. The highest BCUT2D eigenvalue weighted by Gasteiger charge is 2.17. The lowest BCUT2D eigenvalue weighted by Gasteiger charge is -2.13. The molecule has 0 radical (unpaired) electrons. The molecule has 1 atom stereocenters. The molecule has 0 aromatic carbocycles. The molecule has 0 aliphatic heterocycles. The molecule has 6 nitrogen and oxygen atoms in total. The Morgan fingerprint density at radius 2 is 2.35 bits per heavy atom. The van der Waals surface area contributed by atoms with E-state index in [9.17, 15) is 4.79 Å². The van der Waals surface area contributed by atoms with Crippen molar-refractivity contribution in [2.75, 3.05) is 5.75 Å². The normalized spacial score (nSPS) is 12.5. The largest absolute Gasteiger partial charge is 0.481 e. The molecular weight excluding hydrogens is 296 g/mol. The molecule has 8 heteroatoms. The molecular formula is C12H16N4O2S2. The minimum atomic E-state index is -0.851. The molecule has 2 aromatic rings. The van der Waals surface area contributed by atoms with Crippen molar-refractivity contribution in [1.29, 1.82) is 0 Å². The number of nitrogens with zero attached hydrogens (tertiary/aromatic N) is 4. The maximum atomic E-state index is 10.7. The number of carbonyl (C=O) groups is 1. The zero-order chi connectivity index (χ0) is 14.5. The van der Waals surface area contributed by atoms with Gasteiger partial charge in [-0.15, -0.1) is 21.5 Å². The monoisotopic (exact) mass is 312 g/mol. The van der Waals surface area contributed by atoms with Gasteiger partial charge in [0.1, 0.15) is 5.82 Å². The first-order chi connectivity index (χ1) is 9.61. The second kappa shape index (κ2) is 6.85. The summed E-state index contributed by atoms with van der Waals surface area (Å²) in [6.07, 6.45) is 2.56. The molecule has 0 saturated carbocycles. The summed E-state index contributed by atoms with van der Waals surface area (Å²) >= 11 is 2.83. The molecule has 0 fully saturated rings. The highest BCUT2D eigenvalue weighted by Crippen LogP contribution is 2.24. The van der Waals surface area contributed by atoms with Crippen LogP contribution in [0.15, 0.2) is 16.7 Å². The van der Waals surface area contributed by atoms with Crippen LogP contribution in [-0.2, 0) is 17.8 Å². The summed E-state index contributed by atoms with van der Waals surface area (Å²) in [4.78, 5) is 15.0. The standard InChI is InChI=1S/C12H16N4O2S2/c1-3-9-14-15-12(20-7-10(17)18)16(9)6-8(2)11-13-4-5-19-11/h4-5,8H,3,6-7H2,1-2H3,(H,17,18). The number of rotatable bonds is 7. The number of thiazole rings is 1. The Labute approximate surface area is 125 Å². The van der Waals surface area contributed by atoms with Crippen LogP contribution >= 0.6 is 23.1 Å². The van der Waals surface area contributed by atoms with Crippen molar-refractivity contribution < 1.29 is 9.90 Å². The van der Waals surface area contributed by atoms with E-state index < -0.39 is 5.97 Å². The Morgan fingerprint density at radius 3 is 2.95 bits per heavy atom. The number of aryl methyl sites for hydroxylation is 1. The topological polar surface area (TPSA) is 80.9 Å². The fourth-order valence-electron chi connectivity index (χ4n) is 1.83. The highest BCUT2D eigenvalue weighted by atomic mass is 32.2. The van der Waals surface area contributed by atoms with Gasteiger partial charge in [-0.2, -0.15) is 0 Å². The van der Waals surface area contributed by atoms with E-state index in [0.29, 0.717) is 11.7 Å². The lowest BCUT2D eigenvalue weighted by molar-refractivity contribution is -0.133. The van der Waals surface area contributed by atoms with Gasteiger partial charge in [0.05, 0.1) is 10.8 Å². The molecule has 2 heterocycles. The molecule has 1 N–H and O–H groups in total. The fourth-order valence-corrected chi connectivity index (χ4v) is 3.20. The van der Waals surface area contributed by atoms with E-state index >= 15 is 0 Å². The molecule has 1 unspecified atom stereocenters. The summed E-state index contributed by atoms with van der Waals surface area (Å²) in [5, 5.41) is 20.7. The minimum Gasteiger partial charge on any atom is -0.481 e. The van der Waals surface area contributed by atoms with Gasteiger partial charge in [-0.25, -0.2) is 4.98 Å². The van der Waals surface area contributed by atoms with Gasteiger partial charge >= 0.3 is 5.97 Å². The van der Waals surface area contributed by atoms with Crippen LogP contribution in [0.5, 0.6) is 0 Å². The molecule has 0 bridgehead atoms. The Bertz CT molecular complexity index is 568. The van der Waals surface area contributed by atoms with Gasteiger partial charge in [0.15, 0.2) is 5.16 Å². The van der Waals surface area contributed by atoms with Gasteiger partial charge in [0, 0.05) is 30.5 Å². The molecule has 0 amide bonds. The predicted molar refractivity (Wildman–Crippen MR) is 78.3 cm³/mol. The van der Waals surface area contributed by atoms with Crippen LogP contribution in [-0.4, -0.2) is 36.6 Å². The summed E-state index contributed by atoms with van der Waals surface area (Å²) in [7, 11) is 0. The first kappa shape index (κ1) is 15.0. The van der Waals surface area contributed by atoms with Gasteiger partial charge < -0.3 is 9.67 Å². The van der Waals surface area contributed by atoms with Gasteiger partial charge in [0.2, 0.25) is 0 Å². The van der Waals surface area contributed by atoms with E-state index in [0.717, 1.165) is 17.3 Å². The summed E-state index contributed by atoms with van der Waals surface area (Å²) in [5.41, 5.74) is 0. The maximum Gasteiger partial charge on any atom is 0.313 e. The first-order valence-corrected chi connectivity index (χ1v) is 8.14. The Morgan fingerprint density at radius 1 is 1.55 bits per heavy atom. The molecule has 0 aliphatic carbocycles. The number of aromatic nitrogens is 4. The zero-order valence-electron chi connectivity index (χ0n) is 11.3. The summed E-state index contributed by atoms with van der Waals surface area (Å²) in [5.74, 6) is 0.269. The van der Waals surface area contributed by atoms with Crippen LogP contribution in [0.4, 0.5) is 0 Å². The summed E-state index contributed by atoms with van der Waals surface area (Å²) in [6.45, 7) is 4.83. The fraction of sp³-hybridized carbons (Fsp3) is 0.500. The lowest BCUT2D eigenvalue weighted by Crippen LogP contribution is -2.11. The molecule has 2 aromatic heterocycles. The van der Waals surface area contributed by atoms with E-state index in [2.05, 4.69) is 22.1 Å². The van der Waals surface area contributed by atoms with Gasteiger partial charge in [-0.3, -0.25) is 4.79 Å². The zero-order valence-corrected chi connectivity index (χ0v) is 12.9. The van der Waals surface area contributed by atoms with Crippen LogP contribution < -0.4 is 0 Å². The number of aliphatic carboxylic acids is 1. The van der Waals surface area contributed by atoms with Crippen LogP contribution in [0.3, 0.4) is 0 Å². The van der Waals surface area contributed by atoms with Crippen molar-refractivity contribution >= 4 is 29.1 Å². The maximum absolute atomic E-state index is 10.7. The second-order valence-electron chi connectivity index (χ2n) is 4.32. The van der Waals surface area contributed by atoms with Gasteiger partial charge in [-0.05, 0) is 0 Å². The van der Waals surface area contributed by atoms with E-state index in [1.165, 1.54) is 11.8 Å². The summed E-state index contributed by atoms with van der Waals surface area (Å²) in [6, 6.07) is 0. The average molecular weight is 312 g/mol. The third-order valence-electron chi connectivity index (χ3n) is 2.76. The third kappa shape index (κ3) is 3.57. The molecule has 0 aliphatic rings. The van der Waals surface area contributed by atoms with Crippen molar-refractivity contribution in [2.45, 2.75) is 37.9 Å². The Kier molecular flexibility index (Phi) is 5.13. The Hall–Kier alpha value is -1.41. The quantitative estimate of drug-likeness (QED) is 0.790. The number of hydrogen-bond donors (Lipinski definition) is 1. The number of hydrogen-bond acceptors (Lipinski definition) is 6. The molecule has 0 saturated heterocycles. The highest BCUT2D eigenvalue weighted by molar-refractivity contribution is 7.99. The minimum absolute atomic E-state index is 0.00647. The van der Waals surface area contributed by atoms with Crippen LogP contribution in [0.25, 0.3) is 0 Å². The lowest BCUT2D eigenvalue weighted by atomic mass is 10.2. The molecule has 0 spiro atoms. The number of thioether (sulfide) groups is 1. The van der Waals surface area contributed by atoms with Crippen LogP contribution in [0.1, 0.15) is 30.6 Å². The van der Waals surface area contributed by atoms with E-state index in [-0.39, 0.29) is 11.7 Å². The molecule has 20 heavy (non-hydrogen) atoms. The second-order valence-corrected chi connectivity index (χ2v) is 6.19. The van der Waals surface area contributed by atoms with E-state index in [1.54, 1.807) is 17.5 Å². The summed E-state index contributed by atoms with van der Waals surface area (Å²) < 4.78 is 2.00. The van der Waals surface area contributed by atoms with Crippen LogP contribution in [0, 0.1) is 0 Å². The first-order valence-electron chi connectivity index (χ1n) is 6.27. The average Bonchev–Trinajstić information content (AvgIpc) is 3.05. The Balaban J connectivity index is 2.15. The van der Waals surface area contributed by atoms with Crippen molar-refractivity contribution in [1.82, 2.24) is 19.7 Å². The third-order valence-corrected chi connectivity index (χ3v) is 4.72. The van der Waals surface area contributed by atoms with E-state index in [1.807, 2.05) is 16.9 Å². The van der Waals surface area contributed by atoms with Gasteiger partial charge in [-0.1, -0.05) is 25.6 Å². The van der Waals surface area contributed by atoms with Gasteiger partial charge in [0.25, 0.3) is 0 Å². The number of carboxylic acids is 1. The van der Waals surface area contributed by atoms with Crippen molar-refractivity contribution in [3.8, 4) is 0 Å². The SMILES string of the molecule is CCc1nnc(SCC(=O)O)n1CC(C)c1nccs1. The number of carboxylic acid groups (broad SMARTS) is 1. The van der Waals surface area contributed by atoms with Crippen molar-refractivity contribution in [3.63, 3.8) is 0 Å². The molecule has 108 valence electrons. The van der Waals surface area contributed by atoms with Crippen molar-refractivity contribution in [2.24, 2.45) is 0 Å². The molecule has 2 rings (SSSR count). The predicted octanol–water partition coefficient (Wildman–Crippen LogP) is 2.28. The van der Waals surface area contributed by atoms with Crippen LogP contribution in [0.2, 0.25) is 0 Å².